The maximum absolute atomic E-state index is 12.6. The van der Waals surface area contributed by atoms with Crippen molar-refractivity contribution < 1.29 is 9.59 Å². The Hall–Kier alpha value is -2.36. The first kappa shape index (κ1) is 17.5. The second kappa shape index (κ2) is 6.87. The molecular formula is C20H15Cl2NO2. The third-order valence-electron chi connectivity index (χ3n) is 4.10. The van der Waals surface area contributed by atoms with Crippen LogP contribution in [0.25, 0.3) is 11.3 Å². The molecule has 0 saturated heterocycles. The molecule has 0 aromatic heterocycles. The first-order valence-electron chi connectivity index (χ1n) is 7.68. The number of nitrogens with one attached hydrogen (secondary N) is 1. The molecule has 1 aliphatic rings. The highest BCUT2D eigenvalue weighted by Gasteiger charge is 2.32. The summed E-state index contributed by atoms with van der Waals surface area (Å²) in [5.41, 5.74) is 3.59. The second-order valence-electron chi connectivity index (χ2n) is 5.77. The fraction of sp³-hybridized carbons (Fsp3) is 0.100. The zero-order chi connectivity index (χ0) is 18.1. The topological polar surface area (TPSA) is 46.2 Å². The Balaban J connectivity index is 2.20. The van der Waals surface area contributed by atoms with Gasteiger partial charge in [0, 0.05) is 10.0 Å². The fourth-order valence-electron chi connectivity index (χ4n) is 2.86. The lowest BCUT2D eigenvalue weighted by Gasteiger charge is -2.08. The van der Waals surface area contributed by atoms with Gasteiger partial charge in [-0.3, -0.25) is 9.59 Å². The van der Waals surface area contributed by atoms with E-state index in [0.717, 1.165) is 16.7 Å². The monoisotopic (exact) mass is 371 g/mol. The van der Waals surface area contributed by atoms with Crippen LogP contribution in [0.4, 0.5) is 0 Å². The van der Waals surface area contributed by atoms with E-state index in [-0.39, 0.29) is 11.7 Å². The Kier molecular flexibility index (Phi) is 4.80. The Morgan fingerprint density at radius 2 is 1.40 bits per heavy atom. The first-order chi connectivity index (χ1) is 11.9. The highest BCUT2D eigenvalue weighted by atomic mass is 35.5. The number of carbonyl (C=O) groups is 2. The van der Waals surface area contributed by atoms with Crippen molar-refractivity contribution in [2.75, 3.05) is 0 Å². The lowest BCUT2D eigenvalue weighted by molar-refractivity contribution is -0.117. The molecule has 0 aliphatic carbocycles. The quantitative estimate of drug-likeness (QED) is 0.780. The average molecular weight is 372 g/mol. The highest BCUT2D eigenvalue weighted by molar-refractivity contribution is 6.31. The minimum absolute atomic E-state index is 0.174. The van der Waals surface area contributed by atoms with Gasteiger partial charge >= 0.3 is 0 Å². The summed E-state index contributed by atoms with van der Waals surface area (Å²) in [5.74, 6) is -0.464. The number of Topliss-reactive ketones (excluding diaryl/α,β-unsaturated/α-hetero) is 1. The lowest BCUT2D eigenvalue weighted by atomic mass is 9.93. The molecule has 3 rings (SSSR count). The van der Waals surface area contributed by atoms with E-state index in [9.17, 15) is 9.59 Å². The second-order valence-corrected chi connectivity index (χ2v) is 6.65. The Labute approximate surface area is 156 Å². The van der Waals surface area contributed by atoms with Gasteiger partial charge in [0.2, 0.25) is 0 Å². The van der Waals surface area contributed by atoms with Gasteiger partial charge in [-0.2, -0.15) is 0 Å². The molecule has 1 N–H and O–H groups in total. The van der Waals surface area contributed by atoms with Crippen molar-refractivity contribution >= 4 is 46.2 Å². The van der Waals surface area contributed by atoms with E-state index in [1.807, 2.05) is 19.1 Å². The third-order valence-corrected chi connectivity index (χ3v) is 4.61. The van der Waals surface area contributed by atoms with Crippen LogP contribution in [0.2, 0.25) is 10.0 Å². The van der Waals surface area contributed by atoms with Crippen LogP contribution < -0.4 is 5.32 Å². The van der Waals surface area contributed by atoms with Crippen molar-refractivity contribution in [1.29, 1.82) is 0 Å². The van der Waals surface area contributed by atoms with Crippen LogP contribution in [0.3, 0.4) is 0 Å². The van der Waals surface area contributed by atoms with E-state index in [0.29, 0.717) is 26.9 Å². The molecular weight excluding hydrogens is 357 g/mol. The van der Waals surface area contributed by atoms with Crippen LogP contribution in [0.15, 0.2) is 59.7 Å². The van der Waals surface area contributed by atoms with Crippen LogP contribution in [0.1, 0.15) is 25.0 Å². The van der Waals surface area contributed by atoms with E-state index in [1.54, 1.807) is 36.4 Å². The van der Waals surface area contributed by atoms with Crippen molar-refractivity contribution in [3.63, 3.8) is 0 Å². The summed E-state index contributed by atoms with van der Waals surface area (Å²) in [7, 11) is 0. The molecule has 1 aliphatic heterocycles. The van der Waals surface area contributed by atoms with E-state index < -0.39 is 0 Å². The predicted octanol–water partition coefficient (Wildman–Crippen LogP) is 4.90. The molecule has 2 aromatic rings. The number of allylic oxidation sites excluding steroid dienone is 1. The van der Waals surface area contributed by atoms with Gasteiger partial charge in [-0.05, 0) is 54.8 Å². The molecule has 126 valence electrons. The molecule has 0 bridgehead atoms. The van der Waals surface area contributed by atoms with E-state index >= 15 is 0 Å². The predicted molar refractivity (Wildman–Crippen MR) is 101 cm³/mol. The summed E-state index contributed by atoms with van der Waals surface area (Å²) in [6, 6.07) is 14.2. The number of hydrogen-bond donors (Lipinski definition) is 1. The zero-order valence-electron chi connectivity index (χ0n) is 13.7. The maximum Gasteiger partial charge on any atom is 0.256 e. The first-order valence-corrected chi connectivity index (χ1v) is 8.43. The SMILES string of the molecule is CC(=O)C1=C(c2ccc(Cl)cc2)NC(=O)/C1=C(/C)c1ccc(Cl)cc1. The van der Waals surface area contributed by atoms with E-state index in [1.165, 1.54) is 6.92 Å². The number of rotatable bonds is 3. The molecule has 0 saturated carbocycles. The summed E-state index contributed by atoms with van der Waals surface area (Å²) >= 11 is 11.9. The molecule has 2 aromatic carbocycles. The molecule has 0 atom stereocenters. The van der Waals surface area contributed by atoms with Crippen LogP contribution in [-0.2, 0) is 9.59 Å². The van der Waals surface area contributed by atoms with Crippen LogP contribution >= 0.6 is 23.2 Å². The third kappa shape index (κ3) is 3.39. The number of amides is 1. The zero-order valence-corrected chi connectivity index (χ0v) is 15.2. The van der Waals surface area contributed by atoms with Gasteiger partial charge in [0.1, 0.15) is 0 Å². The number of ketones is 1. The van der Waals surface area contributed by atoms with Gasteiger partial charge < -0.3 is 5.32 Å². The molecule has 0 spiro atoms. The minimum atomic E-state index is -0.289. The number of benzene rings is 2. The molecule has 0 fully saturated rings. The van der Waals surface area contributed by atoms with Gasteiger partial charge in [0.25, 0.3) is 5.91 Å². The van der Waals surface area contributed by atoms with Gasteiger partial charge in [-0.15, -0.1) is 0 Å². The molecule has 1 heterocycles. The molecule has 3 nitrogen and oxygen atoms in total. The van der Waals surface area contributed by atoms with Crippen LogP contribution in [0, 0.1) is 0 Å². The van der Waals surface area contributed by atoms with Crippen molar-refractivity contribution in [3.05, 3.63) is 80.8 Å². The summed E-state index contributed by atoms with van der Waals surface area (Å²) in [4.78, 5) is 24.9. The van der Waals surface area contributed by atoms with Crippen molar-refractivity contribution in [2.45, 2.75) is 13.8 Å². The van der Waals surface area contributed by atoms with Gasteiger partial charge in [-0.1, -0.05) is 47.5 Å². The molecule has 25 heavy (non-hydrogen) atoms. The van der Waals surface area contributed by atoms with Crippen LogP contribution in [0.5, 0.6) is 0 Å². The largest absolute Gasteiger partial charge is 0.321 e. The van der Waals surface area contributed by atoms with Gasteiger partial charge in [0.15, 0.2) is 5.78 Å². The Morgan fingerprint density at radius 1 is 0.880 bits per heavy atom. The standard InChI is InChI=1S/C20H15Cl2NO2/c1-11(13-3-7-15(21)8-4-13)17-18(12(2)24)19(23-20(17)25)14-5-9-16(22)10-6-14/h3-10H,1-2H3,(H,23,25)/b17-11-. The van der Waals surface area contributed by atoms with Gasteiger partial charge in [0.05, 0.1) is 16.8 Å². The van der Waals surface area contributed by atoms with Crippen molar-refractivity contribution in [2.24, 2.45) is 0 Å². The number of carbonyl (C=O) groups excluding carboxylic acids is 2. The smallest absolute Gasteiger partial charge is 0.256 e. The summed E-state index contributed by atoms with van der Waals surface area (Å²) in [6.45, 7) is 3.28. The fourth-order valence-corrected chi connectivity index (χ4v) is 3.12. The van der Waals surface area contributed by atoms with Crippen LogP contribution in [-0.4, -0.2) is 11.7 Å². The molecule has 5 heteroatoms. The summed E-state index contributed by atoms with van der Waals surface area (Å²) < 4.78 is 0. The molecule has 0 radical (unpaired) electrons. The van der Waals surface area contributed by atoms with E-state index in [2.05, 4.69) is 5.32 Å². The number of hydrogen-bond acceptors (Lipinski definition) is 2. The Morgan fingerprint density at radius 3 is 1.92 bits per heavy atom. The number of halogens is 2. The van der Waals surface area contributed by atoms with E-state index in [4.69, 9.17) is 23.2 Å². The normalized spacial score (nSPS) is 16.1. The minimum Gasteiger partial charge on any atom is -0.321 e. The Bertz CT molecular complexity index is 923. The average Bonchev–Trinajstić information content (AvgIpc) is 2.93. The lowest BCUT2D eigenvalue weighted by Crippen LogP contribution is -2.16. The van der Waals surface area contributed by atoms with Crippen molar-refractivity contribution in [3.8, 4) is 0 Å². The maximum atomic E-state index is 12.6. The van der Waals surface area contributed by atoms with Gasteiger partial charge in [-0.25, -0.2) is 0 Å². The highest BCUT2D eigenvalue weighted by Crippen LogP contribution is 2.34. The molecule has 0 unspecified atom stereocenters. The van der Waals surface area contributed by atoms with Crippen molar-refractivity contribution in [1.82, 2.24) is 5.32 Å². The molecule has 1 amide bonds. The summed E-state index contributed by atoms with van der Waals surface area (Å²) in [5, 5.41) is 4.03. The summed E-state index contributed by atoms with van der Waals surface area (Å²) in [6.07, 6.45) is 0.